The van der Waals surface area contributed by atoms with E-state index in [1.165, 1.54) is 4.90 Å². The molecule has 1 aliphatic rings. The third-order valence-electron chi connectivity index (χ3n) is 6.82. The molecule has 0 N–H and O–H groups in total. The van der Waals surface area contributed by atoms with Gasteiger partial charge in [0.05, 0.1) is 17.8 Å². The van der Waals surface area contributed by atoms with Gasteiger partial charge in [-0.1, -0.05) is 23.7 Å². The number of amides is 2. The number of anilines is 2. The van der Waals surface area contributed by atoms with Gasteiger partial charge in [-0.2, -0.15) is 5.26 Å². The second-order valence-corrected chi connectivity index (χ2v) is 9.69. The van der Waals surface area contributed by atoms with Crippen molar-refractivity contribution in [2.24, 2.45) is 5.92 Å². The number of nitriles is 1. The summed E-state index contributed by atoms with van der Waals surface area (Å²) in [5, 5.41) is 9.51. The summed E-state index contributed by atoms with van der Waals surface area (Å²) in [7, 11) is 3.57. The van der Waals surface area contributed by atoms with Crippen LogP contribution in [0.1, 0.15) is 28.9 Å². The molecule has 196 valence electrons. The number of carbonyl (C=O) groups excluding carboxylic acids is 2. The van der Waals surface area contributed by atoms with E-state index in [2.05, 4.69) is 16.0 Å². The second-order valence-electron chi connectivity index (χ2n) is 9.29. The molecule has 1 aliphatic heterocycles. The number of halogens is 1. The number of rotatable bonds is 8. The van der Waals surface area contributed by atoms with Gasteiger partial charge < -0.3 is 14.5 Å². The Morgan fingerprint density at radius 3 is 2.50 bits per heavy atom. The van der Waals surface area contributed by atoms with Gasteiger partial charge in [0.25, 0.3) is 5.91 Å². The van der Waals surface area contributed by atoms with Crippen molar-refractivity contribution in [3.8, 4) is 11.8 Å². The maximum atomic E-state index is 13.5. The molecule has 4 rings (SSSR count). The number of piperidine rings is 1. The summed E-state index contributed by atoms with van der Waals surface area (Å²) in [6.45, 7) is 1.94. The Bertz CT molecular complexity index is 1320. The fourth-order valence-corrected chi connectivity index (χ4v) is 4.88. The van der Waals surface area contributed by atoms with E-state index < -0.39 is 0 Å². The molecule has 0 bridgehead atoms. The highest BCUT2D eigenvalue weighted by atomic mass is 35.5. The maximum absolute atomic E-state index is 13.5. The van der Waals surface area contributed by atoms with Gasteiger partial charge in [0, 0.05) is 44.1 Å². The molecule has 1 saturated heterocycles. The number of benzene rings is 2. The number of carbonyl (C=O) groups is 2. The lowest BCUT2D eigenvalue weighted by molar-refractivity contribution is -0.131. The predicted molar refractivity (Wildman–Crippen MR) is 148 cm³/mol. The molecule has 1 aromatic heterocycles. The highest BCUT2D eigenvalue weighted by Gasteiger charge is 2.28. The Kier molecular flexibility index (Phi) is 8.82. The summed E-state index contributed by atoms with van der Waals surface area (Å²) >= 11 is 6.44. The monoisotopic (exact) mass is 531 g/mol. The van der Waals surface area contributed by atoms with Crippen LogP contribution in [0.4, 0.5) is 11.4 Å². The molecule has 2 aromatic carbocycles. The number of hydrogen-bond acceptors (Lipinski definition) is 6. The number of nitrogens with zero attached hydrogens (tertiary/aromatic N) is 5. The van der Waals surface area contributed by atoms with Crippen molar-refractivity contribution in [3.63, 3.8) is 0 Å². The summed E-state index contributed by atoms with van der Waals surface area (Å²) in [5.41, 5.74) is 2.27. The average molecular weight is 532 g/mol. The third kappa shape index (κ3) is 6.42. The van der Waals surface area contributed by atoms with Gasteiger partial charge in [-0.25, -0.2) is 4.98 Å². The van der Waals surface area contributed by atoms with E-state index in [0.29, 0.717) is 46.7 Å². The summed E-state index contributed by atoms with van der Waals surface area (Å²) < 4.78 is 5.20. The van der Waals surface area contributed by atoms with Crippen LogP contribution in [0.2, 0.25) is 5.02 Å². The van der Waals surface area contributed by atoms with Gasteiger partial charge >= 0.3 is 0 Å². The van der Waals surface area contributed by atoms with Crippen LogP contribution in [-0.4, -0.2) is 62.0 Å². The fourth-order valence-electron chi connectivity index (χ4n) is 4.64. The van der Waals surface area contributed by atoms with Gasteiger partial charge in [0.1, 0.15) is 24.1 Å². The average Bonchev–Trinajstić information content (AvgIpc) is 2.96. The zero-order valence-corrected chi connectivity index (χ0v) is 22.3. The molecule has 38 heavy (non-hydrogen) atoms. The first-order chi connectivity index (χ1) is 18.4. The first-order valence-corrected chi connectivity index (χ1v) is 12.8. The van der Waals surface area contributed by atoms with E-state index in [9.17, 15) is 9.59 Å². The van der Waals surface area contributed by atoms with Crippen LogP contribution in [0.25, 0.3) is 0 Å². The first-order valence-electron chi connectivity index (χ1n) is 12.4. The molecular formula is C29H30ClN5O3. The topological polar surface area (TPSA) is 89.8 Å². The SMILES string of the molecule is COc1ccc(C(=O)N(CC(=O)N2CCC(CN(C)c3ccnc(C#N)c3)CC2)c2ccccc2Cl)cc1. The Hall–Kier alpha value is -4.09. The van der Waals surface area contributed by atoms with E-state index >= 15 is 0 Å². The molecule has 9 heteroatoms. The Balaban J connectivity index is 1.41. The van der Waals surface area contributed by atoms with Crippen LogP contribution in [0, 0.1) is 17.2 Å². The molecule has 0 radical (unpaired) electrons. The number of pyridine rings is 1. The van der Waals surface area contributed by atoms with Crippen molar-refractivity contribution in [2.45, 2.75) is 12.8 Å². The molecule has 1 fully saturated rings. The number of aromatic nitrogens is 1. The third-order valence-corrected chi connectivity index (χ3v) is 7.14. The number of ether oxygens (including phenoxy) is 1. The van der Waals surface area contributed by atoms with Crippen molar-refractivity contribution in [1.82, 2.24) is 9.88 Å². The van der Waals surface area contributed by atoms with Crippen LogP contribution >= 0.6 is 11.6 Å². The number of likely N-dealkylation sites (tertiary alicyclic amines) is 1. The van der Waals surface area contributed by atoms with E-state index in [1.54, 1.807) is 67.9 Å². The highest BCUT2D eigenvalue weighted by molar-refractivity contribution is 6.34. The summed E-state index contributed by atoms with van der Waals surface area (Å²) in [6, 6.07) is 19.6. The van der Waals surface area contributed by atoms with Crippen LogP contribution in [0.15, 0.2) is 66.9 Å². The lowest BCUT2D eigenvalue weighted by atomic mass is 9.96. The van der Waals surface area contributed by atoms with Gasteiger partial charge in [0.2, 0.25) is 5.91 Å². The van der Waals surface area contributed by atoms with Crippen LogP contribution < -0.4 is 14.5 Å². The molecular weight excluding hydrogens is 502 g/mol. The predicted octanol–water partition coefficient (Wildman–Crippen LogP) is 4.64. The Morgan fingerprint density at radius 2 is 1.84 bits per heavy atom. The molecule has 8 nitrogen and oxygen atoms in total. The van der Waals surface area contributed by atoms with E-state index in [1.807, 2.05) is 18.0 Å². The smallest absolute Gasteiger partial charge is 0.258 e. The minimum atomic E-state index is -0.306. The van der Waals surface area contributed by atoms with E-state index in [-0.39, 0.29) is 18.4 Å². The molecule has 3 aromatic rings. The lowest BCUT2D eigenvalue weighted by Crippen LogP contribution is -2.47. The van der Waals surface area contributed by atoms with Gasteiger partial charge in [0.15, 0.2) is 0 Å². The number of methoxy groups -OCH3 is 1. The minimum absolute atomic E-state index is 0.104. The normalized spacial score (nSPS) is 13.5. The zero-order valence-electron chi connectivity index (χ0n) is 21.5. The highest BCUT2D eigenvalue weighted by Crippen LogP contribution is 2.28. The van der Waals surface area contributed by atoms with Crippen molar-refractivity contribution < 1.29 is 14.3 Å². The quantitative estimate of drug-likeness (QED) is 0.421. The zero-order chi connectivity index (χ0) is 27.1. The number of para-hydroxylation sites is 1. The standard InChI is InChI=1S/C29H30ClN5O3/c1-33(24-11-14-32-23(17-24)18-31)19-21-12-15-34(16-13-21)28(36)20-35(27-6-4-3-5-26(27)30)29(37)22-7-9-25(38-2)10-8-22/h3-11,14,17,21H,12-13,15-16,19-20H2,1-2H3. The molecule has 2 heterocycles. The second kappa shape index (κ2) is 12.4. The van der Waals surface area contributed by atoms with Crippen LogP contribution in [0.5, 0.6) is 5.75 Å². The van der Waals surface area contributed by atoms with Gasteiger partial charge in [-0.05, 0) is 67.3 Å². The molecule has 0 aliphatic carbocycles. The van der Waals surface area contributed by atoms with Gasteiger partial charge in [-0.3, -0.25) is 14.5 Å². The Morgan fingerprint density at radius 1 is 1.13 bits per heavy atom. The largest absolute Gasteiger partial charge is 0.497 e. The molecule has 2 amide bonds. The maximum Gasteiger partial charge on any atom is 0.258 e. The molecule has 0 saturated carbocycles. The van der Waals surface area contributed by atoms with Crippen molar-refractivity contribution in [2.75, 3.05) is 50.1 Å². The van der Waals surface area contributed by atoms with E-state index in [4.69, 9.17) is 21.6 Å². The fraction of sp³-hybridized carbons (Fsp3) is 0.310. The van der Waals surface area contributed by atoms with Crippen molar-refractivity contribution in [3.05, 3.63) is 83.1 Å². The lowest BCUT2D eigenvalue weighted by Gasteiger charge is -2.35. The first kappa shape index (κ1) is 27.0. The molecule has 0 unspecified atom stereocenters. The minimum Gasteiger partial charge on any atom is -0.497 e. The number of hydrogen-bond donors (Lipinski definition) is 0. The Labute approximate surface area is 228 Å². The summed E-state index contributed by atoms with van der Waals surface area (Å²) in [5.74, 6) is 0.624. The molecule has 0 atom stereocenters. The van der Waals surface area contributed by atoms with Crippen LogP contribution in [0.3, 0.4) is 0 Å². The van der Waals surface area contributed by atoms with Crippen LogP contribution in [-0.2, 0) is 4.79 Å². The van der Waals surface area contributed by atoms with Crippen molar-refractivity contribution >= 4 is 34.8 Å². The van der Waals surface area contributed by atoms with Crippen molar-refractivity contribution in [1.29, 1.82) is 5.26 Å². The molecule has 0 spiro atoms. The summed E-state index contributed by atoms with van der Waals surface area (Å²) in [4.78, 5) is 36.3. The van der Waals surface area contributed by atoms with Gasteiger partial charge in [-0.15, -0.1) is 0 Å². The van der Waals surface area contributed by atoms with E-state index in [0.717, 1.165) is 25.1 Å². The summed E-state index contributed by atoms with van der Waals surface area (Å²) in [6.07, 6.45) is 3.35.